The number of hydrogen-bond donors (Lipinski definition) is 0. The summed E-state index contributed by atoms with van der Waals surface area (Å²) in [5.74, 6) is -2.01. The third-order valence-corrected chi connectivity index (χ3v) is 7.60. The number of benzene rings is 1. The Morgan fingerprint density at radius 1 is 1.21 bits per heavy atom. The molecule has 3 rings (SSSR count). The van der Waals surface area contributed by atoms with Gasteiger partial charge in [-0.15, -0.1) is 0 Å². The Kier molecular flexibility index (Phi) is 6.50. The lowest BCUT2D eigenvalue weighted by Crippen LogP contribution is -2.45. The van der Waals surface area contributed by atoms with Gasteiger partial charge in [-0.2, -0.15) is 4.99 Å². The van der Waals surface area contributed by atoms with Crippen LogP contribution in [0.1, 0.15) is 20.3 Å². The van der Waals surface area contributed by atoms with E-state index in [1.807, 2.05) is 19.9 Å². The molecular weight excluding hydrogens is 434 g/mol. The Hall–Kier alpha value is -1.71. The van der Waals surface area contributed by atoms with Gasteiger partial charge in [-0.1, -0.05) is 36.8 Å². The summed E-state index contributed by atoms with van der Waals surface area (Å²) in [4.78, 5) is 30.6. The van der Waals surface area contributed by atoms with Gasteiger partial charge in [0.15, 0.2) is 14.6 Å². The van der Waals surface area contributed by atoms with Crippen molar-refractivity contribution < 1.29 is 18.0 Å². The third-order valence-electron chi connectivity index (χ3n) is 4.90. The Bertz CT molecular complexity index is 1110. The maximum atomic E-state index is 12.4. The molecule has 2 heterocycles. The number of piperidine rings is 1. The van der Waals surface area contributed by atoms with Crippen LogP contribution in [0.5, 0.6) is 0 Å². The molecule has 7 nitrogen and oxygen atoms in total. The number of amides is 2. The van der Waals surface area contributed by atoms with E-state index in [0.717, 1.165) is 16.6 Å². The zero-order valence-corrected chi connectivity index (χ0v) is 19.0. The summed E-state index contributed by atoms with van der Waals surface area (Å²) in [6, 6.07) is 5.31. The Morgan fingerprint density at radius 2 is 1.86 bits per heavy atom. The molecule has 2 amide bonds. The largest absolute Gasteiger partial charge is 0.341 e. The molecule has 0 bridgehead atoms. The number of carbonyl (C=O) groups is 2. The SMILES string of the molecule is CC1CC(C)CN(C(=O)CS(=O)(=O)CC(=O)N=c2sc3cc(Cl)ccc3n2C)C1. The van der Waals surface area contributed by atoms with E-state index in [1.165, 1.54) is 11.3 Å². The maximum absolute atomic E-state index is 12.4. The smallest absolute Gasteiger partial charge is 0.263 e. The molecule has 1 aromatic carbocycles. The van der Waals surface area contributed by atoms with Gasteiger partial charge in [0.25, 0.3) is 5.91 Å². The van der Waals surface area contributed by atoms with Crippen LogP contribution in [0.4, 0.5) is 0 Å². The van der Waals surface area contributed by atoms with E-state index in [9.17, 15) is 18.0 Å². The Labute approximate surface area is 178 Å². The molecule has 2 aromatic rings. The number of sulfone groups is 1. The fourth-order valence-corrected chi connectivity index (χ4v) is 6.15. The standard InChI is InChI=1S/C19H24ClN3O4S2/c1-12-6-13(2)9-23(8-12)18(25)11-29(26,27)10-17(24)21-19-22(3)15-5-4-14(20)7-16(15)28-19/h4-5,7,12-13H,6,8-11H2,1-3H3. The minimum atomic E-state index is -3.89. The molecule has 0 N–H and O–H groups in total. The van der Waals surface area contributed by atoms with Crippen molar-refractivity contribution in [3.05, 3.63) is 28.0 Å². The van der Waals surface area contributed by atoms with Crippen molar-refractivity contribution in [1.82, 2.24) is 9.47 Å². The van der Waals surface area contributed by atoms with Gasteiger partial charge in [0.05, 0.1) is 10.2 Å². The monoisotopic (exact) mass is 457 g/mol. The predicted octanol–water partition coefficient (Wildman–Crippen LogP) is 2.24. The molecule has 158 valence electrons. The second-order valence-electron chi connectivity index (χ2n) is 7.84. The Morgan fingerprint density at radius 3 is 2.52 bits per heavy atom. The molecule has 2 atom stereocenters. The summed E-state index contributed by atoms with van der Waals surface area (Å²) >= 11 is 7.24. The second-order valence-corrected chi connectivity index (χ2v) is 11.3. The number of carbonyl (C=O) groups excluding carboxylic acids is 2. The lowest BCUT2D eigenvalue weighted by atomic mass is 9.92. The van der Waals surface area contributed by atoms with E-state index in [0.29, 0.717) is 34.7 Å². The van der Waals surface area contributed by atoms with E-state index in [2.05, 4.69) is 4.99 Å². The molecule has 29 heavy (non-hydrogen) atoms. The number of rotatable bonds is 4. The summed E-state index contributed by atoms with van der Waals surface area (Å²) in [5.41, 5.74) is 0.845. The number of fused-ring (bicyclic) bond motifs is 1. The number of nitrogens with zero attached hydrogens (tertiary/aromatic N) is 3. The van der Waals surface area contributed by atoms with E-state index in [1.54, 1.807) is 28.6 Å². The number of halogens is 1. The molecular formula is C19H24ClN3O4S2. The third kappa shape index (κ3) is 5.46. The van der Waals surface area contributed by atoms with E-state index < -0.39 is 33.2 Å². The molecule has 1 aliphatic rings. The Balaban J connectivity index is 1.72. The van der Waals surface area contributed by atoms with Crippen LogP contribution in [-0.2, 0) is 26.5 Å². The van der Waals surface area contributed by atoms with Crippen LogP contribution in [0.15, 0.2) is 23.2 Å². The molecule has 2 unspecified atom stereocenters. The van der Waals surface area contributed by atoms with Crippen LogP contribution in [-0.4, -0.2) is 54.3 Å². The van der Waals surface area contributed by atoms with Gasteiger partial charge >= 0.3 is 0 Å². The van der Waals surface area contributed by atoms with Gasteiger partial charge in [0, 0.05) is 25.2 Å². The van der Waals surface area contributed by atoms with Gasteiger partial charge in [-0.05, 0) is 36.5 Å². The quantitative estimate of drug-likeness (QED) is 0.704. The van der Waals surface area contributed by atoms with Crippen molar-refractivity contribution in [2.75, 3.05) is 24.6 Å². The van der Waals surface area contributed by atoms with Crippen molar-refractivity contribution in [3.63, 3.8) is 0 Å². The molecule has 0 radical (unpaired) electrons. The van der Waals surface area contributed by atoms with Crippen LogP contribution >= 0.6 is 22.9 Å². The number of likely N-dealkylation sites (tertiary alicyclic amines) is 1. The average Bonchev–Trinajstić information content (AvgIpc) is 2.87. The van der Waals surface area contributed by atoms with Crippen molar-refractivity contribution in [2.45, 2.75) is 20.3 Å². The van der Waals surface area contributed by atoms with Crippen LogP contribution in [0.3, 0.4) is 0 Å². The zero-order chi connectivity index (χ0) is 21.3. The van der Waals surface area contributed by atoms with E-state index in [-0.39, 0.29) is 0 Å². The fourth-order valence-electron chi connectivity index (χ4n) is 3.74. The molecule has 10 heteroatoms. The topological polar surface area (TPSA) is 88.8 Å². The number of aryl methyl sites for hydroxylation is 1. The molecule has 1 saturated heterocycles. The minimum absolute atomic E-state index is 0.337. The number of hydrogen-bond acceptors (Lipinski definition) is 5. The zero-order valence-electron chi connectivity index (χ0n) is 16.6. The van der Waals surface area contributed by atoms with Crippen molar-refractivity contribution in [3.8, 4) is 0 Å². The van der Waals surface area contributed by atoms with Gasteiger partial charge < -0.3 is 9.47 Å². The molecule has 1 aliphatic heterocycles. The van der Waals surface area contributed by atoms with Crippen molar-refractivity contribution in [2.24, 2.45) is 23.9 Å². The van der Waals surface area contributed by atoms with Gasteiger partial charge in [-0.3, -0.25) is 9.59 Å². The molecule has 1 aromatic heterocycles. The number of aromatic nitrogens is 1. The highest BCUT2D eigenvalue weighted by molar-refractivity contribution is 7.92. The first kappa shape index (κ1) is 22.0. The van der Waals surface area contributed by atoms with Crippen molar-refractivity contribution >= 4 is 54.8 Å². The van der Waals surface area contributed by atoms with E-state index in [4.69, 9.17) is 11.6 Å². The second kappa shape index (κ2) is 8.57. The van der Waals surface area contributed by atoms with Gasteiger partial charge in [0.2, 0.25) is 5.91 Å². The number of thiazole rings is 1. The summed E-state index contributed by atoms with van der Waals surface area (Å²) in [7, 11) is -2.15. The predicted molar refractivity (Wildman–Crippen MR) is 115 cm³/mol. The summed E-state index contributed by atoms with van der Waals surface area (Å²) in [6.45, 7) is 5.20. The van der Waals surface area contributed by atoms with Crippen LogP contribution in [0.2, 0.25) is 5.02 Å². The van der Waals surface area contributed by atoms with E-state index >= 15 is 0 Å². The molecule has 0 spiro atoms. The van der Waals surface area contributed by atoms with Gasteiger partial charge in [-0.25, -0.2) is 8.42 Å². The highest BCUT2D eigenvalue weighted by Gasteiger charge is 2.29. The first-order valence-electron chi connectivity index (χ1n) is 9.35. The first-order chi connectivity index (χ1) is 13.5. The normalized spacial score (nSPS) is 21.0. The van der Waals surface area contributed by atoms with Gasteiger partial charge in [0.1, 0.15) is 11.5 Å². The lowest BCUT2D eigenvalue weighted by Gasteiger charge is -2.34. The molecule has 1 fully saturated rings. The minimum Gasteiger partial charge on any atom is -0.341 e. The van der Waals surface area contributed by atoms with Crippen molar-refractivity contribution in [1.29, 1.82) is 0 Å². The molecule has 0 saturated carbocycles. The fraction of sp³-hybridized carbons (Fsp3) is 0.526. The highest BCUT2D eigenvalue weighted by Crippen LogP contribution is 2.22. The summed E-state index contributed by atoms with van der Waals surface area (Å²) < 4.78 is 27.4. The lowest BCUT2D eigenvalue weighted by molar-refractivity contribution is -0.131. The molecule has 0 aliphatic carbocycles. The van der Waals surface area contributed by atoms with Crippen LogP contribution in [0, 0.1) is 11.8 Å². The van der Waals surface area contributed by atoms with Crippen LogP contribution < -0.4 is 4.80 Å². The first-order valence-corrected chi connectivity index (χ1v) is 12.4. The maximum Gasteiger partial charge on any atom is 0.263 e. The van der Waals surface area contributed by atoms with Crippen LogP contribution in [0.25, 0.3) is 10.2 Å². The summed E-state index contributed by atoms with van der Waals surface area (Å²) in [6.07, 6.45) is 1.02. The summed E-state index contributed by atoms with van der Waals surface area (Å²) in [5, 5.41) is 0.569. The highest BCUT2D eigenvalue weighted by atomic mass is 35.5. The average molecular weight is 458 g/mol.